The normalized spacial score (nSPS) is 9.81. The van der Waals surface area contributed by atoms with Gasteiger partial charge in [0.15, 0.2) is 0 Å². The number of methoxy groups -OCH3 is 2. The maximum Gasteiger partial charge on any atom is 0.260 e. The number of halogens is 1. The van der Waals surface area contributed by atoms with Crippen LogP contribution in [0.3, 0.4) is 0 Å². The third-order valence-electron chi connectivity index (χ3n) is 2.12. The summed E-state index contributed by atoms with van der Waals surface area (Å²) >= 11 is 3.34. The molecular weight excluding hydrogens is 274 g/mol. The van der Waals surface area contributed by atoms with Gasteiger partial charge in [0.05, 0.1) is 18.7 Å². The lowest BCUT2D eigenvalue weighted by Gasteiger charge is -2.17. The molecule has 0 saturated carbocycles. The van der Waals surface area contributed by atoms with Crippen LogP contribution < -0.4 is 9.47 Å². The topological polar surface area (TPSA) is 38.8 Å². The quantitative estimate of drug-likeness (QED) is 0.855. The first-order valence-electron chi connectivity index (χ1n) is 4.65. The van der Waals surface area contributed by atoms with E-state index in [0.717, 1.165) is 4.47 Å². The van der Waals surface area contributed by atoms with Gasteiger partial charge in [0.1, 0.15) is 17.1 Å². The van der Waals surface area contributed by atoms with E-state index in [9.17, 15) is 4.79 Å². The van der Waals surface area contributed by atoms with Gasteiger partial charge in [0.25, 0.3) is 5.91 Å². The first kappa shape index (κ1) is 12.8. The van der Waals surface area contributed by atoms with Crippen molar-refractivity contribution in [2.75, 3.05) is 28.3 Å². The number of rotatable bonds is 3. The zero-order valence-corrected chi connectivity index (χ0v) is 11.3. The van der Waals surface area contributed by atoms with Crippen molar-refractivity contribution < 1.29 is 14.3 Å². The molecule has 16 heavy (non-hydrogen) atoms. The van der Waals surface area contributed by atoms with Crippen LogP contribution in [0, 0.1) is 0 Å². The highest BCUT2D eigenvalue weighted by atomic mass is 79.9. The summed E-state index contributed by atoms with van der Waals surface area (Å²) in [6.07, 6.45) is 0. The maximum atomic E-state index is 12.0. The lowest BCUT2D eigenvalue weighted by atomic mass is 10.1. The Morgan fingerprint density at radius 3 is 2.31 bits per heavy atom. The van der Waals surface area contributed by atoms with Crippen molar-refractivity contribution in [2.24, 2.45) is 0 Å². The summed E-state index contributed by atoms with van der Waals surface area (Å²) in [6.45, 7) is 0. The number of hydrogen-bond acceptors (Lipinski definition) is 3. The molecule has 0 atom stereocenters. The van der Waals surface area contributed by atoms with Crippen molar-refractivity contribution in [3.63, 3.8) is 0 Å². The minimum atomic E-state index is -0.157. The predicted octanol–water partition coefficient (Wildman–Crippen LogP) is 2.17. The third kappa shape index (κ3) is 2.29. The minimum absolute atomic E-state index is 0.157. The number of ether oxygens (including phenoxy) is 2. The van der Waals surface area contributed by atoms with Crippen LogP contribution in [-0.4, -0.2) is 39.1 Å². The Morgan fingerprint density at radius 1 is 1.25 bits per heavy atom. The molecule has 0 unspecified atom stereocenters. The van der Waals surface area contributed by atoms with Gasteiger partial charge in [0.2, 0.25) is 0 Å². The Balaban J connectivity index is 3.42. The summed E-state index contributed by atoms with van der Waals surface area (Å²) in [5.41, 5.74) is 0.421. The van der Waals surface area contributed by atoms with Crippen molar-refractivity contribution in [3.8, 4) is 11.5 Å². The molecule has 4 nitrogen and oxygen atoms in total. The van der Waals surface area contributed by atoms with Gasteiger partial charge in [-0.05, 0) is 28.1 Å². The number of nitrogens with zero attached hydrogens (tertiary/aromatic N) is 1. The fraction of sp³-hybridized carbons (Fsp3) is 0.364. The second kappa shape index (κ2) is 5.21. The van der Waals surface area contributed by atoms with Crippen LogP contribution >= 0.6 is 15.9 Å². The molecule has 1 aromatic carbocycles. The Bertz CT molecular complexity index is 404. The Hall–Kier alpha value is -1.23. The van der Waals surface area contributed by atoms with E-state index in [2.05, 4.69) is 15.9 Å². The Labute approximate surface area is 103 Å². The van der Waals surface area contributed by atoms with E-state index in [4.69, 9.17) is 9.47 Å². The molecule has 0 fully saturated rings. The van der Waals surface area contributed by atoms with E-state index in [0.29, 0.717) is 17.1 Å². The average Bonchev–Trinajstić information content (AvgIpc) is 2.27. The largest absolute Gasteiger partial charge is 0.496 e. The van der Waals surface area contributed by atoms with Crippen LogP contribution in [0.4, 0.5) is 0 Å². The van der Waals surface area contributed by atoms with Crippen LogP contribution in [0.2, 0.25) is 0 Å². The molecule has 0 bridgehead atoms. The van der Waals surface area contributed by atoms with Gasteiger partial charge < -0.3 is 14.4 Å². The number of benzene rings is 1. The van der Waals surface area contributed by atoms with Gasteiger partial charge in [0, 0.05) is 14.1 Å². The van der Waals surface area contributed by atoms with Crippen molar-refractivity contribution in [1.29, 1.82) is 0 Å². The lowest BCUT2D eigenvalue weighted by Crippen LogP contribution is -2.23. The van der Waals surface area contributed by atoms with Crippen molar-refractivity contribution in [2.45, 2.75) is 0 Å². The van der Waals surface area contributed by atoms with Crippen LogP contribution in [0.25, 0.3) is 0 Å². The number of carbonyl (C=O) groups excluding carboxylic acids is 1. The van der Waals surface area contributed by atoms with Crippen LogP contribution in [-0.2, 0) is 0 Å². The molecule has 0 heterocycles. The fourth-order valence-corrected chi connectivity index (χ4v) is 1.83. The zero-order valence-electron chi connectivity index (χ0n) is 9.70. The molecule has 1 aromatic rings. The minimum Gasteiger partial charge on any atom is -0.496 e. The highest BCUT2D eigenvalue weighted by Crippen LogP contribution is 2.36. The van der Waals surface area contributed by atoms with Crippen LogP contribution in [0.15, 0.2) is 16.6 Å². The molecule has 0 radical (unpaired) electrons. The zero-order chi connectivity index (χ0) is 12.3. The lowest BCUT2D eigenvalue weighted by molar-refractivity contribution is 0.0820. The third-order valence-corrected chi connectivity index (χ3v) is 2.74. The van der Waals surface area contributed by atoms with E-state index >= 15 is 0 Å². The van der Waals surface area contributed by atoms with E-state index in [1.54, 1.807) is 26.2 Å². The van der Waals surface area contributed by atoms with Crippen LogP contribution in [0.5, 0.6) is 11.5 Å². The van der Waals surface area contributed by atoms with Gasteiger partial charge in [-0.2, -0.15) is 0 Å². The second-order valence-electron chi connectivity index (χ2n) is 3.36. The number of amides is 1. The molecule has 0 aromatic heterocycles. The summed E-state index contributed by atoms with van der Waals surface area (Å²) in [7, 11) is 6.41. The molecular formula is C11H14BrNO3. The Morgan fingerprint density at radius 2 is 1.88 bits per heavy atom. The standard InChI is InChI=1S/C11H14BrNO3/c1-13(2)11(14)9-8(15-3)6-5-7(12)10(9)16-4/h5-6H,1-4H3. The summed E-state index contributed by atoms with van der Waals surface area (Å²) < 4.78 is 11.1. The van der Waals surface area contributed by atoms with E-state index < -0.39 is 0 Å². The molecule has 0 spiro atoms. The molecule has 1 amide bonds. The maximum absolute atomic E-state index is 12.0. The predicted molar refractivity (Wildman–Crippen MR) is 65.3 cm³/mol. The van der Waals surface area contributed by atoms with Crippen LogP contribution in [0.1, 0.15) is 10.4 Å². The van der Waals surface area contributed by atoms with Gasteiger partial charge >= 0.3 is 0 Å². The van der Waals surface area contributed by atoms with Gasteiger partial charge in [-0.1, -0.05) is 0 Å². The van der Waals surface area contributed by atoms with E-state index in [1.165, 1.54) is 19.1 Å². The summed E-state index contributed by atoms with van der Waals surface area (Å²) in [5, 5.41) is 0. The average molecular weight is 288 g/mol. The molecule has 0 aliphatic carbocycles. The molecule has 0 aliphatic rings. The first-order valence-corrected chi connectivity index (χ1v) is 5.44. The summed E-state index contributed by atoms with van der Waals surface area (Å²) in [6, 6.07) is 3.51. The van der Waals surface area contributed by atoms with Crippen molar-refractivity contribution in [1.82, 2.24) is 4.90 Å². The molecule has 1 rings (SSSR count). The second-order valence-corrected chi connectivity index (χ2v) is 4.21. The summed E-state index contributed by atoms with van der Waals surface area (Å²) in [5.74, 6) is 0.826. The van der Waals surface area contributed by atoms with E-state index in [1.807, 2.05) is 0 Å². The van der Waals surface area contributed by atoms with Crippen molar-refractivity contribution >= 4 is 21.8 Å². The molecule has 0 aliphatic heterocycles. The fourth-order valence-electron chi connectivity index (χ4n) is 1.33. The highest BCUT2D eigenvalue weighted by molar-refractivity contribution is 9.10. The SMILES string of the molecule is COc1ccc(Br)c(OC)c1C(=O)N(C)C. The number of hydrogen-bond donors (Lipinski definition) is 0. The van der Waals surface area contributed by atoms with Gasteiger partial charge in [-0.15, -0.1) is 0 Å². The summed E-state index contributed by atoms with van der Waals surface area (Å²) in [4.78, 5) is 13.5. The molecule has 0 saturated heterocycles. The van der Waals surface area contributed by atoms with Gasteiger partial charge in [-0.3, -0.25) is 4.79 Å². The van der Waals surface area contributed by atoms with Crippen molar-refractivity contribution in [3.05, 3.63) is 22.2 Å². The Kier molecular flexibility index (Phi) is 4.18. The molecule has 5 heteroatoms. The first-order chi connectivity index (χ1) is 7.52. The van der Waals surface area contributed by atoms with Gasteiger partial charge in [-0.25, -0.2) is 0 Å². The number of carbonyl (C=O) groups is 1. The van der Waals surface area contributed by atoms with E-state index in [-0.39, 0.29) is 5.91 Å². The monoisotopic (exact) mass is 287 g/mol. The molecule has 88 valence electrons. The molecule has 0 N–H and O–H groups in total. The smallest absolute Gasteiger partial charge is 0.260 e. The highest BCUT2D eigenvalue weighted by Gasteiger charge is 2.21.